The lowest BCUT2D eigenvalue weighted by Crippen LogP contribution is -2.22. The molecule has 0 bridgehead atoms. The highest BCUT2D eigenvalue weighted by Gasteiger charge is 2.19. The third-order valence-corrected chi connectivity index (χ3v) is 4.12. The molecule has 8 heteroatoms. The van der Waals surface area contributed by atoms with E-state index >= 15 is 0 Å². The number of aromatic nitrogens is 3. The van der Waals surface area contributed by atoms with Gasteiger partial charge in [0.2, 0.25) is 5.75 Å². The molecule has 0 saturated carbocycles. The zero-order chi connectivity index (χ0) is 18.0. The van der Waals surface area contributed by atoms with Crippen molar-refractivity contribution in [2.75, 3.05) is 21.3 Å². The zero-order valence-electron chi connectivity index (χ0n) is 13.9. The van der Waals surface area contributed by atoms with Gasteiger partial charge in [-0.3, -0.25) is 14.3 Å². The highest BCUT2D eigenvalue weighted by Crippen LogP contribution is 2.41. The number of benzene rings is 1. The second kappa shape index (κ2) is 6.98. The van der Waals surface area contributed by atoms with Gasteiger partial charge in [-0.25, -0.2) is 4.98 Å². The summed E-state index contributed by atoms with van der Waals surface area (Å²) in [6, 6.07) is 5.04. The third-order valence-electron chi connectivity index (χ3n) is 3.78. The van der Waals surface area contributed by atoms with Crippen molar-refractivity contribution in [3.63, 3.8) is 0 Å². The molecule has 7 nitrogen and oxygen atoms in total. The van der Waals surface area contributed by atoms with Crippen molar-refractivity contribution in [3.05, 3.63) is 51.8 Å². The van der Waals surface area contributed by atoms with Gasteiger partial charge in [-0.2, -0.15) is 0 Å². The highest BCUT2D eigenvalue weighted by atomic mass is 35.5. The maximum absolute atomic E-state index is 12.9. The fraction of sp³-hybridized carbons (Fsp3) is 0.235. The number of rotatable bonds is 5. The molecular weight excluding hydrogens is 346 g/mol. The molecule has 0 N–H and O–H groups in total. The minimum atomic E-state index is -0.258. The second-order valence-corrected chi connectivity index (χ2v) is 5.56. The minimum Gasteiger partial charge on any atom is -0.493 e. The molecule has 0 aliphatic rings. The summed E-state index contributed by atoms with van der Waals surface area (Å²) in [6.45, 7) is 0.206. The Morgan fingerprint density at radius 2 is 1.88 bits per heavy atom. The Balaban J connectivity index is 2.20. The molecule has 0 aliphatic heterocycles. The SMILES string of the molecule is COc1cc2c(=O)n(Cc3ncccc3Cl)cnc2c(OC)c1OC. The van der Waals surface area contributed by atoms with Gasteiger partial charge in [0.05, 0.1) is 50.3 Å². The number of hydrogen-bond acceptors (Lipinski definition) is 6. The molecule has 0 unspecified atom stereocenters. The maximum atomic E-state index is 12.9. The van der Waals surface area contributed by atoms with Crippen LogP contribution in [0.15, 0.2) is 35.5 Å². The van der Waals surface area contributed by atoms with Crippen LogP contribution in [-0.4, -0.2) is 35.9 Å². The summed E-state index contributed by atoms with van der Waals surface area (Å²) in [7, 11) is 4.47. The van der Waals surface area contributed by atoms with Crippen molar-refractivity contribution >= 4 is 22.5 Å². The van der Waals surface area contributed by atoms with Crippen LogP contribution in [0.4, 0.5) is 0 Å². The molecule has 25 heavy (non-hydrogen) atoms. The number of fused-ring (bicyclic) bond motifs is 1. The van der Waals surface area contributed by atoms with E-state index in [4.69, 9.17) is 25.8 Å². The van der Waals surface area contributed by atoms with Gasteiger partial charge in [0, 0.05) is 6.20 Å². The smallest absolute Gasteiger partial charge is 0.261 e. The summed E-state index contributed by atoms with van der Waals surface area (Å²) in [5.74, 6) is 1.12. The molecule has 0 atom stereocenters. The topological polar surface area (TPSA) is 75.5 Å². The number of pyridine rings is 1. The Hall–Kier alpha value is -2.80. The van der Waals surface area contributed by atoms with Crippen LogP contribution in [0.1, 0.15) is 5.69 Å². The Morgan fingerprint density at radius 3 is 2.52 bits per heavy atom. The quantitative estimate of drug-likeness (QED) is 0.695. The molecule has 2 heterocycles. The maximum Gasteiger partial charge on any atom is 0.261 e. The lowest BCUT2D eigenvalue weighted by Gasteiger charge is -2.15. The Morgan fingerprint density at radius 1 is 1.12 bits per heavy atom. The van der Waals surface area contributed by atoms with Gasteiger partial charge in [0.25, 0.3) is 5.56 Å². The van der Waals surface area contributed by atoms with Crippen LogP contribution in [0.3, 0.4) is 0 Å². The van der Waals surface area contributed by atoms with Gasteiger partial charge >= 0.3 is 0 Å². The van der Waals surface area contributed by atoms with Crippen LogP contribution in [-0.2, 0) is 6.54 Å². The van der Waals surface area contributed by atoms with E-state index < -0.39 is 0 Å². The average molecular weight is 362 g/mol. The van der Waals surface area contributed by atoms with Crippen LogP contribution in [0.25, 0.3) is 10.9 Å². The summed E-state index contributed by atoms with van der Waals surface area (Å²) in [4.78, 5) is 21.4. The van der Waals surface area contributed by atoms with Gasteiger partial charge in [0.15, 0.2) is 11.5 Å². The van der Waals surface area contributed by atoms with E-state index in [2.05, 4.69) is 9.97 Å². The van der Waals surface area contributed by atoms with Crippen LogP contribution in [0.5, 0.6) is 17.2 Å². The summed E-state index contributed by atoms with van der Waals surface area (Å²) in [5.41, 5.74) is 0.722. The lowest BCUT2D eigenvalue weighted by atomic mass is 10.2. The molecule has 3 rings (SSSR count). The summed E-state index contributed by atoms with van der Waals surface area (Å²) in [6.07, 6.45) is 3.06. The minimum absolute atomic E-state index is 0.206. The van der Waals surface area contributed by atoms with Crippen molar-refractivity contribution in [2.24, 2.45) is 0 Å². The predicted molar refractivity (Wildman–Crippen MR) is 94.0 cm³/mol. The van der Waals surface area contributed by atoms with E-state index in [1.807, 2.05) is 0 Å². The molecule has 0 radical (unpaired) electrons. The van der Waals surface area contributed by atoms with E-state index in [9.17, 15) is 4.79 Å². The largest absolute Gasteiger partial charge is 0.493 e. The van der Waals surface area contributed by atoms with Crippen molar-refractivity contribution in [2.45, 2.75) is 6.54 Å². The molecule has 1 aromatic carbocycles. The van der Waals surface area contributed by atoms with Crippen molar-refractivity contribution in [1.29, 1.82) is 0 Å². The number of ether oxygens (including phenoxy) is 3. The first kappa shape index (κ1) is 17.0. The molecule has 0 saturated heterocycles. The van der Waals surface area contributed by atoms with Crippen molar-refractivity contribution in [1.82, 2.24) is 14.5 Å². The first-order valence-corrected chi connectivity index (χ1v) is 7.76. The molecule has 0 spiro atoms. The van der Waals surface area contributed by atoms with E-state index in [1.54, 1.807) is 24.4 Å². The normalized spacial score (nSPS) is 10.7. The summed E-state index contributed by atoms with van der Waals surface area (Å²) < 4.78 is 17.4. The van der Waals surface area contributed by atoms with Crippen LogP contribution < -0.4 is 19.8 Å². The summed E-state index contributed by atoms with van der Waals surface area (Å²) >= 11 is 6.12. The van der Waals surface area contributed by atoms with E-state index in [1.165, 1.54) is 32.2 Å². The van der Waals surface area contributed by atoms with Gasteiger partial charge in [-0.15, -0.1) is 0 Å². The summed E-state index contributed by atoms with van der Waals surface area (Å²) in [5, 5.41) is 0.837. The Bertz CT molecular complexity index is 988. The first-order chi connectivity index (χ1) is 12.1. The van der Waals surface area contributed by atoms with Gasteiger partial charge < -0.3 is 14.2 Å². The number of nitrogens with zero attached hydrogens (tertiary/aromatic N) is 3. The van der Waals surface area contributed by atoms with Crippen LogP contribution in [0, 0.1) is 0 Å². The molecule has 3 aromatic rings. The Kier molecular flexibility index (Phi) is 4.76. The molecular formula is C17H16ClN3O4. The molecule has 130 valence electrons. The highest BCUT2D eigenvalue weighted by molar-refractivity contribution is 6.31. The van der Waals surface area contributed by atoms with Crippen LogP contribution >= 0.6 is 11.6 Å². The first-order valence-electron chi connectivity index (χ1n) is 7.38. The van der Waals surface area contributed by atoms with Gasteiger partial charge in [0.1, 0.15) is 5.52 Å². The fourth-order valence-electron chi connectivity index (χ4n) is 2.58. The Labute approximate surface area is 148 Å². The molecule has 0 aliphatic carbocycles. The second-order valence-electron chi connectivity index (χ2n) is 5.15. The van der Waals surface area contributed by atoms with E-state index in [-0.39, 0.29) is 12.1 Å². The third kappa shape index (κ3) is 2.98. The van der Waals surface area contributed by atoms with Gasteiger partial charge in [-0.1, -0.05) is 11.6 Å². The molecule has 0 amide bonds. The van der Waals surface area contributed by atoms with Crippen molar-refractivity contribution in [3.8, 4) is 17.2 Å². The van der Waals surface area contributed by atoms with Crippen LogP contribution in [0.2, 0.25) is 5.02 Å². The average Bonchev–Trinajstić information content (AvgIpc) is 2.64. The standard InChI is InChI=1S/C17H16ClN3O4/c1-23-13-7-10-14(16(25-3)15(13)24-2)20-9-21(17(10)22)8-12-11(18)5-4-6-19-12/h4-7,9H,8H2,1-3H3. The fourth-order valence-corrected chi connectivity index (χ4v) is 2.76. The lowest BCUT2D eigenvalue weighted by molar-refractivity contribution is 0.326. The van der Waals surface area contributed by atoms with Crippen molar-refractivity contribution < 1.29 is 14.2 Å². The van der Waals surface area contributed by atoms with E-state index in [0.717, 1.165) is 0 Å². The number of hydrogen-bond donors (Lipinski definition) is 0. The molecule has 0 fully saturated rings. The monoisotopic (exact) mass is 361 g/mol. The zero-order valence-corrected chi connectivity index (χ0v) is 14.7. The van der Waals surface area contributed by atoms with E-state index in [0.29, 0.717) is 38.9 Å². The number of halogens is 1. The predicted octanol–water partition coefficient (Wildman–Crippen LogP) is 2.52. The number of methoxy groups -OCH3 is 3. The molecule has 2 aromatic heterocycles. The van der Waals surface area contributed by atoms with Gasteiger partial charge in [-0.05, 0) is 18.2 Å².